The van der Waals surface area contributed by atoms with Crippen LogP contribution >= 0.6 is 31.9 Å². The molecule has 2 heteroatoms. The molecule has 0 nitrogen and oxygen atoms in total. The fourth-order valence-corrected chi connectivity index (χ4v) is 2.65. The number of benzene rings is 1. The van der Waals surface area contributed by atoms with E-state index in [4.69, 9.17) is 0 Å². The molecule has 0 saturated heterocycles. The Kier molecular flexibility index (Phi) is 6.65. The van der Waals surface area contributed by atoms with Crippen molar-refractivity contribution in [2.24, 2.45) is 11.8 Å². The molecule has 0 atom stereocenters. The van der Waals surface area contributed by atoms with E-state index in [1.807, 2.05) is 0 Å². The molecule has 0 fully saturated rings. The van der Waals surface area contributed by atoms with Gasteiger partial charge in [-0.1, -0.05) is 45.9 Å². The van der Waals surface area contributed by atoms with E-state index in [1.165, 1.54) is 16.7 Å². The van der Waals surface area contributed by atoms with Crippen LogP contribution in [-0.2, 0) is 12.8 Å². The fraction of sp³-hybridized carbons (Fsp3) is 0.500. The second-order valence-corrected chi connectivity index (χ2v) is 8.39. The molecule has 0 amide bonds. The summed E-state index contributed by atoms with van der Waals surface area (Å²) in [6.45, 7) is 9.08. The molecule has 1 rings (SSSR count). The highest BCUT2D eigenvalue weighted by molar-refractivity contribution is 9.28. The Hall–Kier alpha value is -0.0800. The van der Waals surface area contributed by atoms with Crippen molar-refractivity contribution in [1.82, 2.24) is 0 Å². The Bertz CT molecular complexity index is 385. The molecule has 0 heterocycles. The van der Waals surface area contributed by atoms with E-state index >= 15 is 0 Å². The standard InChI is InChI=1S/C16H22Br2/c1-11(2)8-13-6-5-7-14(9-12(3)4)15(13)10-16(17)18/h5-7,10-12H,8-9H2,1-4H3. The van der Waals surface area contributed by atoms with Crippen molar-refractivity contribution >= 4 is 37.9 Å². The third kappa shape index (κ3) is 5.27. The molecule has 100 valence electrons. The van der Waals surface area contributed by atoms with E-state index in [0.717, 1.165) is 16.2 Å². The topological polar surface area (TPSA) is 0 Å². The van der Waals surface area contributed by atoms with Crippen LogP contribution in [0.4, 0.5) is 0 Å². The van der Waals surface area contributed by atoms with Crippen molar-refractivity contribution in [1.29, 1.82) is 0 Å². The summed E-state index contributed by atoms with van der Waals surface area (Å²) >= 11 is 6.98. The summed E-state index contributed by atoms with van der Waals surface area (Å²) in [6, 6.07) is 6.69. The number of hydrogen-bond acceptors (Lipinski definition) is 0. The van der Waals surface area contributed by atoms with Gasteiger partial charge in [0.05, 0.1) is 3.39 Å². The van der Waals surface area contributed by atoms with Crippen molar-refractivity contribution in [3.8, 4) is 0 Å². The molecule has 0 aliphatic rings. The van der Waals surface area contributed by atoms with Crippen molar-refractivity contribution < 1.29 is 0 Å². The van der Waals surface area contributed by atoms with Crippen LogP contribution in [0.3, 0.4) is 0 Å². The first kappa shape index (κ1) is 16.0. The molecule has 0 spiro atoms. The second kappa shape index (κ2) is 7.49. The van der Waals surface area contributed by atoms with Crippen LogP contribution in [0.2, 0.25) is 0 Å². The van der Waals surface area contributed by atoms with E-state index in [0.29, 0.717) is 11.8 Å². The maximum atomic E-state index is 3.49. The number of rotatable bonds is 5. The average molecular weight is 374 g/mol. The highest BCUT2D eigenvalue weighted by Crippen LogP contribution is 2.27. The lowest BCUT2D eigenvalue weighted by Gasteiger charge is -2.15. The van der Waals surface area contributed by atoms with Gasteiger partial charge in [0.2, 0.25) is 0 Å². The molecular weight excluding hydrogens is 352 g/mol. The summed E-state index contributed by atoms with van der Waals surface area (Å²) in [5.74, 6) is 1.36. The fourth-order valence-electron chi connectivity index (χ4n) is 2.20. The molecule has 0 aliphatic heterocycles. The van der Waals surface area contributed by atoms with Gasteiger partial charge >= 0.3 is 0 Å². The van der Waals surface area contributed by atoms with Crippen LogP contribution in [0.25, 0.3) is 6.08 Å². The van der Waals surface area contributed by atoms with Crippen LogP contribution in [-0.4, -0.2) is 0 Å². The number of hydrogen-bond donors (Lipinski definition) is 0. The summed E-state index contributed by atoms with van der Waals surface area (Å²) in [5, 5.41) is 0. The smallest absolute Gasteiger partial charge is 0.0610 e. The summed E-state index contributed by atoms with van der Waals surface area (Å²) in [7, 11) is 0. The van der Waals surface area contributed by atoms with Gasteiger partial charge in [0.15, 0.2) is 0 Å². The van der Waals surface area contributed by atoms with E-state index in [9.17, 15) is 0 Å². The predicted octanol–water partition coefficient (Wildman–Crippen LogP) is 6.17. The Labute approximate surface area is 128 Å². The van der Waals surface area contributed by atoms with E-state index in [-0.39, 0.29) is 0 Å². The monoisotopic (exact) mass is 372 g/mol. The van der Waals surface area contributed by atoms with Crippen molar-refractivity contribution in [3.63, 3.8) is 0 Å². The molecule has 0 aliphatic carbocycles. The van der Waals surface area contributed by atoms with Gasteiger partial charge in [-0.05, 0) is 79.3 Å². The molecule has 0 radical (unpaired) electrons. The minimum atomic E-state index is 0.681. The maximum Gasteiger partial charge on any atom is 0.0610 e. The van der Waals surface area contributed by atoms with Gasteiger partial charge in [-0.25, -0.2) is 0 Å². The van der Waals surface area contributed by atoms with Gasteiger partial charge in [0.25, 0.3) is 0 Å². The van der Waals surface area contributed by atoms with Gasteiger partial charge in [-0.2, -0.15) is 0 Å². The molecule has 1 aromatic carbocycles. The first-order valence-electron chi connectivity index (χ1n) is 6.53. The molecule has 0 unspecified atom stereocenters. The van der Waals surface area contributed by atoms with E-state index in [1.54, 1.807) is 0 Å². The lowest BCUT2D eigenvalue weighted by atomic mass is 9.91. The largest absolute Gasteiger partial charge is 0.0625 e. The summed E-state index contributed by atoms with van der Waals surface area (Å²) < 4.78 is 1.01. The van der Waals surface area contributed by atoms with Gasteiger partial charge in [-0.15, -0.1) is 0 Å². The highest BCUT2D eigenvalue weighted by Gasteiger charge is 2.09. The molecular formula is C16H22Br2. The maximum absolute atomic E-state index is 3.49. The molecule has 0 saturated carbocycles. The third-order valence-corrected chi connectivity index (χ3v) is 3.25. The first-order chi connectivity index (χ1) is 8.40. The summed E-state index contributed by atoms with van der Waals surface area (Å²) in [6.07, 6.45) is 4.45. The number of halogens is 2. The van der Waals surface area contributed by atoms with Gasteiger partial charge in [0.1, 0.15) is 0 Å². The van der Waals surface area contributed by atoms with Gasteiger partial charge < -0.3 is 0 Å². The highest BCUT2D eigenvalue weighted by atomic mass is 79.9. The van der Waals surface area contributed by atoms with Crippen LogP contribution in [0.5, 0.6) is 0 Å². The van der Waals surface area contributed by atoms with Crippen molar-refractivity contribution in [3.05, 3.63) is 38.3 Å². The summed E-state index contributed by atoms with van der Waals surface area (Å²) in [4.78, 5) is 0. The lowest BCUT2D eigenvalue weighted by molar-refractivity contribution is 0.634. The molecule has 0 bridgehead atoms. The van der Waals surface area contributed by atoms with E-state index < -0.39 is 0 Å². The Morgan fingerprint density at radius 3 is 1.78 bits per heavy atom. The van der Waals surface area contributed by atoms with Crippen molar-refractivity contribution in [2.45, 2.75) is 40.5 Å². The van der Waals surface area contributed by atoms with Gasteiger partial charge in [0, 0.05) is 0 Å². The predicted molar refractivity (Wildman–Crippen MR) is 89.4 cm³/mol. The Morgan fingerprint density at radius 2 is 1.44 bits per heavy atom. The molecule has 0 N–H and O–H groups in total. The normalized spacial score (nSPS) is 11.1. The van der Waals surface area contributed by atoms with Crippen molar-refractivity contribution in [2.75, 3.05) is 0 Å². The van der Waals surface area contributed by atoms with E-state index in [2.05, 4.69) is 83.8 Å². The minimum Gasteiger partial charge on any atom is -0.0625 e. The van der Waals surface area contributed by atoms with Crippen LogP contribution in [0.15, 0.2) is 21.6 Å². The lowest BCUT2D eigenvalue weighted by Crippen LogP contribution is -2.03. The molecule has 0 aromatic heterocycles. The van der Waals surface area contributed by atoms with Crippen LogP contribution < -0.4 is 0 Å². The van der Waals surface area contributed by atoms with Crippen LogP contribution in [0, 0.1) is 11.8 Å². The quantitative estimate of drug-likeness (QED) is 0.578. The zero-order chi connectivity index (χ0) is 13.7. The third-order valence-electron chi connectivity index (χ3n) is 2.80. The SMILES string of the molecule is CC(C)Cc1cccc(CC(C)C)c1C=C(Br)Br. The molecule has 1 aromatic rings. The molecule has 18 heavy (non-hydrogen) atoms. The van der Waals surface area contributed by atoms with Gasteiger partial charge in [-0.3, -0.25) is 0 Å². The zero-order valence-corrected chi connectivity index (χ0v) is 14.8. The zero-order valence-electron chi connectivity index (χ0n) is 11.6. The first-order valence-corrected chi connectivity index (χ1v) is 8.12. The average Bonchev–Trinajstić information content (AvgIpc) is 2.20. The second-order valence-electron chi connectivity index (χ2n) is 5.62. The van der Waals surface area contributed by atoms with Crippen LogP contribution in [0.1, 0.15) is 44.4 Å². The Morgan fingerprint density at radius 1 is 1.00 bits per heavy atom. The summed E-state index contributed by atoms with van der Waals surface area (Å²) in [5.41, 5.74) is 4.27. The Balaban J connectivity index is 3.21. The minimum absolute atomic E-state index is 0.681.